The number of aliphatic hydroxyl groups excluding tert-OH is 1. The highest BCUT2D eigenvalue weighted by molar-refractivity contribution is 6.30. The van der Waals surface area contributed by atoms with E-state index in [2.05, 4.69) is 0 Å². The van der Waals surface area contributed by atoms with Crippen molar-refractivity contribution in [2.45, 2.75) is 26.4 Å². The summed E-state index contributed by atoms with van der Waals surface area (Å²) in [4.78, 5) is 0. The molecule has 2 atom stereocenters. The maximum atomic E-state index is 13.7. The molecule has 0 radical (unpaired) electrons. The van der Waals surface area contributed by atoms with Crippen LogP contribution in [0.2, 0.25) is 5.02 Å². The molecule has 0 bridgehead atoms. The summed E-state index contributed by atoms with van der Waals surface area (Å²) in [5.41, 5.74) is 5.30. The molecular formula is C12H17ClFNO. The standard InChI is InChI=1S/C12H17ClFNO/c1-3-12(2,7-15)11(16)8-5-4-6-9(13)10(8)14/h4-6,11,16H,3,7,15H2,1-2H3. The van der Waals surface area contributed by atoms with Crippen molar-refractivity contribution in [1.82, 2.24) is 0 Å². The SMILES string of the molecule is CCC(C)(CN)C(O)c1cccc(Cl)c1F. The molecular weight excluding hydrogens is 229 g/mol. The van der Waals surface area contributed by atoms with Gasteiger partial charge in [-0.25, -0.2) is 4.39 Å². The minimum Gasteiger partial charge on any atom is -0.388 e. The zero-order chi connectivity index (χ0) is 12.3. The van der Waals surface area contributed by atoms with Gasteiger partial charge in [-0.15, -0.1) is 0 Å². The third-order valence-electron chi connectivity index (χ3n) is 3.21. The Balaban J connectivity index is 3.13. The Bertz CT molecular complexity index is 366. The van der Waals surface area contributed by atoms with Crippen molar-refractivity contribution < 1.29 is 9.50 Å². The summed E-state index contributed by atoms with van der Waals surface area (Å²) in [5.74, 6) is -0.565. The predicted octanol–water partition coefficient (Wildman–Crippen LogP) is 2.89. The van der Waals surface area contributed by atoms with Crippen LogP contribution in [0.15, 0.2) is 18.2 Å². The molecule has 0 heterocycles. The van der Waals surface area contributed by atoms with Crippen LogP contribution in [0.4, 0.5) is 4.39 Å². The summed E-state index contributed by atoms with van der Waals surface area (Å²) in [6.45, 7) is 4.03. The van der Waals surface area contributed by atoms with Gasteiger partial charge in [0, 0.05) is 17.5 Å². The number of hydrogen-bond donors (Lipinski definition) is 2. The minimum absolute atomic E-state index is 0.0204. The quantitative estimate of drug-likeness (QED) is 0.857. The average Bonchev–Trinajstić information content (AvgIpc) is 2.31. The Labute approximate surface area is 100 Å². The summed E-state index contributed by atoms with van der Waals surface area (Å²) >= 11 is 5.68. The van der Waals surface area contributed by atoms with Gasteiger partial charge in [-0.1, -0.05) is 37.6 Å². The van der Waals surface area contributed by atoms with Crippen LogP contribution in [0.1, 0.15) is 31.9 Å². The fourth-order valence-electron chi connectivity index (χ4n) is 1.56. The zero-order valence-corrected chi connectivity index (χ0v) is 10.3. The minimum atomic E-state index is -0.943. The number of benzene rings is 1. The summed E-state index contributed by atoms with van der Waals surface area (Å²) in [6.07, 6.45) is -0.280. The van der Waals surface area contributed by atoms with E-state index in [9.17, 15) is 9.50 Å². The highest BCUT2D eigenvalue weighted by atomic mass is 35.5. The zero-order valence-electron chi connectivity index (χ0n) is 9.50. The van der Waals surface area contributed by atoms with Crippen molar-refractivity contribution in [3.8, 4) is 0 Å². The highest BCUT2D eigenvalue weighted by Crippen LogP contribution is 2.37. The lowest BCUT2D eigenvalue weighted by atomic mass is 9.78. The molecule has 3 N–H and O–H groups in total. The van der Waals surface area contributed by atoms with Gasteiger partial charge < -0.3 is 10.8 Å². The Kier molecular flexibility index (Phi) is 4.30. The first-order valence-corrected chi connectivity index (χ1v) is 5.66. The van der Waals surface area contributed by atoms with E-state index in [0.717, 1.165) is 0 Å². The average molecular weight is 246 g/mol. The number of aliphatic hydroxyl groups is 1. The second-order valence-electron chi connectivity index (χ2n) is 4.26. The van der Waals surface area contributed by atoms with E-state index in [1.807, 2.05) is 13.8 Å². The number of hydrogen-bond acceptors (Lipinski definition) is 2. The van der Waals surface area contributed by atoms with Gasteiger partial charge in [-0.2, -0.15) is 0 Å². The second kappa shape index (κ2) is 5.13. The smallest absolute Gasteiger partial charge is 0.147 e. The van der Waals surface area contributed by atoms with Crippen molar-refractivity contribution >= 4 is 11.6 Å². The molecule has 90 valence electrons. The van der Waals surface area contributed by atoms with Crippen LogP contribution in [0, 0.1) is 11.2 Å². The van der Waals surface area contributed by atoms with Gasteiger partial charge in [-0.05, 0) is 12.5 Å². The van der Waals surface area contributed by atoms with Crippen LogP contribution in [0.3, 0.4) is 0 Å². The van der Waals surface area contributed by atoms with E-state index < -0.39 is 17.3 Å². The summed E-state index contributed by atoms with van der Waals surface area (Å²) in [5, 5.41) is 10.2. The van der Waals surface area contributed by atoms with Crippen LogP contribution in [-0.4, -0.2) is 11.7 Å². The van der Waals surface area contributed by atoms with Crippen LogP contribution < -0.4 is 5.73 Å². The fraction of sp³-hybridized carbons (Fsp3) is 0.500. The number of halogens is 2. The van der Waals surface area contributed by atoms with E-state index in [1.54, 1.807) is 6.07 Å². The van der Waals surface area contributed by atoms with Crippen molar-refractivity contribution in [3.05, 3.63) is 34.6 Å². The molecule has 0 spiro atoms. The van der Waals surface area contributed by atoms with Gasteiger partial charge in [-0.3, -0.25) is 0 Å². The Morgan fingerprint density at radius 2 is 2.19 bits per heavy atom. The van der Waals surface area contributed by atoms with Gasteiger partial charge in [0.1, 0.15) is 5.82 Å². The maximum Gasteiger partial charge on any atom is 0.147 e. The maximum absolute atomic E-state index is 13.7. The number of rotatable bonds is 4. The summed E-state index contributed by atoms with van der Waals surface area (Å²) in [7, 11) is 0. The Morgan fingerprint density at radius 1 is 1.56 bits per heavy atom. The van der Waals surface area contributed by atoms with E-state index in [4.69, 9.17) is 17.3 Å². The lowest BCUT2D eigenvalue weighted by molar-refractivity contribution is 0.0363. The molecule has 0 fully saturated rings. The number of nitrogens with two attached hydrogens (primary N) is 1. The first-order valence-electron chi connectivity index (χ1n) is 5.28. The molecule has 0 saturated carbocycles. The van der Waals surface area contributed by atoms with Crippen molar-refractivity contribution in [1.29, 1.82) is 0 Å². The molecule has 0 aromatic heterocycles. The first kappa shape index (κ1) is 13.4. The molecule has 0 aliphatic heterocycles. The van der Waals surface area contributed by atoms with Gasteiger partial charge in [0.25, 0.3) is 0 Å². The fourth-order valence-corrected chi connectivity index (χ4v) is 1.74. The molecule has 0 saturated heterocycles. The lowest BCUT2D eigenvalue weighted by Gasteiger charge is -2.32. The third-order valence-corrected chi connectivity index (χ3v) is 3.50. The lowest BCUT2D eigenvalue weighted by Crippen LogP contribution is -2.33. The Morgan fingerprint density at radius 3 is 2.69 bits per heavy atom. The normalized spacial score (nSPS) is 16.9. The van der Waals surface area contributed by atoms with E-state index >= 15 is 0 Å². The van der Waals surface area contributed by atoms with Gasteiger partial charge in [0.15, 0.2) is 0 Å². The molecule has 1 aromatic rings. The van der Waals surface area contributed by atoms with Gasteiger partial charge in [0.05, 0.1) is 11.1 Å². The molecule has 1 rings (SSSR count). The van der Waals surface area contributed by atoms with Crippen molar-refractivity contribution in [2.75, 3.05) is 6.54 Å². The van der Waals surface area contributed by atoms with Crippen LogP contribution >= 0.6 is 11.6 Å². The second-order valence-corrected chi connectivity index (χ2v) is 4.66. The highest BCUT2D eigenvalue weighted by Gasteiger charge is 2.33. The van der Waals surface area contributed by atoms with E-state index in [1.165, 1.54) is 12.1 Å². The van der Waals surface area contributed by atoms with Crippen LogP contribution in [0.5, 0.6) is 0 Å². The van der Waals surface area contributed by atoms with Crippen molar-refractivity contribution in [3.63, 3.8) is 0 Å². The molecule has 2 unspecified atom stereocenters. The van der Waals surface area contributed by atoms with E-state index in [0.29, 0.717) is 6.42 Å². The Hall–Kier alpha value is -0.640. The molecule has 0 amide bonds. The monoisotopic (exact) mass is 245 g/mol. The topological polar surface area (TPSA) is 46.2 Å². The molecule has 2 nitrogen and oxygen atoms in total. The van der Waals surface area contributed by atoms with Crippen molar-refractivity contribution in [2.24, 2.45) is 11.1 Å². The molecule has 0 aliphatic carbocycles. The largest absolute Gasteiger partial charge is 0.388 e. The molecule has 0 aliphatic rings. The third kappa shape index (κ3) is 2.37. The van der Waals surface area contributed by atoms with Gasteiger partial charge in [0.2, 0.25) is 0 Å². The molecule has 1 aromatic carbocycles. The summed E-state index contributed by atoms with van der Waals surface area (Å²) in [6, 6.07) is 4.62. The van der Waals surface area contributed by atoms with E-state index in [-0.39, 0.29) is 17.1 Å². The molecule has 4 heteroatoms. The predicted molar refractivity (Wildman–Crippen MR) is 63.8 cm³/mol. The first-order chi connectivity index (χ1) is 7.46. The molecule has 16 heavy (non-hydrogen) atoms. The van der Waals surface area contributed by atoms with Gasteiger partial charge >= 0.3 is 0 Å². The van der Waals surface area contributed by atoms with Crippen LogP contribution in [0.25, 0.3) is 0 Å². The van der Waals surface area contributed by atoms with Crippen LogP contribution in [-0.2, 0) is 0 Å². The summed E-state index contributed by atoms with van der Waals surface area (Å²) < 4.78 is 13.7.